The van der Waals surface area contributed by atoms with E-state index in [0.29, 0.717) is 18.7 Å². The first kappa shape index (κ1) is 17.6. The highest BCUT2D eigenvalue weighted by Crippen LogP contribution is 2.30. The van der Waals surface area contributed by atoms with Gasteiger partial charge in [0.05, 0.1) is 11.6 Å². The van der Waals surface area contributed by atoms with E-state index in [-0.39, 0.29) is 23.9 Å². The Morgan fingerprint density at radius 2 is 1.89 bits per heavy atom. The second kappa shape index (κ2) is 7.45. The van der Waals surface area contributed by atoms with Gasteiger partial charge in [0.25, 0.3) is 5.91 Å². The van der Waals surface area contributed by atoms with Crippen LogP contribution in [0.2, 0.25) is 0 Å². The Morgan fingerprint density at radius 3 is 2.70 bits per heavy atom. The van der Waals surface area contributed by atoms with Crippen molar-refractivity contribution in [1.29, 1.82) is 0 Å². The third-order valence-corrected chi connectivity index (χ3v) is 5.18. The Bertz CT molecular complexity index is 958. The molecule has 0 N–H and O–H groups in total. The fourth-order valence-electron chi connectivity index (χ4n) is 3.57. The smallest absolute Gasteiger partial charge is 0.272 e. The van der Waals surface area contributed by atoms with Crippen molar-refractivity contribution in [3.05, 3.63) is 77.7 Å². The molecule has 0 saturated carbocycles. The normalized spacial score (nSPS) is 19.8. The minimum atomic E-state index is -0.263. The van der Waals surface area contributed by atoms with Gasteiger partial charge in [0, 0.05) is 25.1 Å². The molecular weight excluding hydrogens is 343 g/mol. The van der Waals surface area contributed by atoms with Crippen molar-refractivity contribution in [2.75, 3.05) is 13.7 Å². The number of carbonyl (C=O) groups is 1. The number of aromatic nitrogens is 1. The number of fused-ring (bicyclic) bond motifs is 1. The van der Waals surface area contributed by atoms with E-state index in [9.17, 15) is 9.18 Å². The van der Waals surface area contributed by atoms with Crippen LogP contribution < -0.4 is 0 Å². The minimum Gasteiger partial charge on any atom is -0.373 e. The number of para-hydroxylation sites is 1. The molecule has 2 aromatic carbocycles. The van der Waals surface area contributed by atoms with Crippen molar-refractivity contribution in [3.8, 4) is 0 Å². The van der Waals surface area contributed by atoms with Crippen molar-refractivity contribution < 1.29 is 13.9 Å². The summed E-state index contributed by atoms with van der Waals surface area (Å²) in [6, 6.07) is 17.9. The van der Waals surface area contributed by atoms with Gasteiger partial charge in [-0.2, -0.15) is 0 Å². The summed E-state index contributed by atoms with van der Waals surface area (Å²) in [5.41, 5.74) is 2.19. The van der Waals surface area contributed by atoms with Gasteiger partial charge in [0.1, 0.15) is 11.5 Å². The van der Waals surface area contributed by atoms with Gasteiger partial charge in [0.2, 0.25) is 0 Å². The summed E-state index contributed by atoms with van der Waals surface area (Å²) in [5, 5.41) is 1.01. The van der Waals surface area contributed by atoms with Gasteiger partial charge in [-0.15, -0.1) is 0 Å². The largest absolute Gasteiger partial charge is 0.373 e. The fourth-order valence-corrected chi connectivity index (χ4v) is 3.57. The molecule has 1 aromatic heterocycles. The van der Waals surface area contributed by atoms with Gasteiger partial charge in [-0.3, -0.25) is 4.79 Å². The minimum absolute atomic E-state index is 0.0505. The molecular formula is C22H21FN2O2. The highest BCUT2D eigenvalue weighted by atomic mass is 19.1. The zero-order chi connectivity index (χ0) is 18.8. The van der Waals surface area contributed by atoms with Crippen LogP contribution in [0.4, 0.5) is 4.39 Å². The molecule has 2 atom stereocenters. The van der Waals surface area contributed by atoms with Crippen molar-refractivity contribution in [2.24, 2.45) is 0 Å². The van der Waals surface area contributed by atoms with Gasteiger partial charge < -0.3 is 9.64 Å². The van der Waals surface area contributed by atoms with E-state index in [1.54, 1.807) is 23.1 Å². The number of benzene rings is 2. The van der Waals surface area contributed by atoms with E-state index < -0.39 is 0 Å². The average molecular weight is 364 g/mol. The second-order valence-electron chi connectivity index (χ2n) is 6.89. The molecule has 1 aliphatic heterocycles. The fraction of sp³-hybridized carbons (Fsp3) is 0.273. The summed E-state index contributed by atoms with van der Waals surface area (Å²) in [6.07, 6.45) is 1.32. The average Bonchev–Trinajstić information content (AvgIpc) is 2.73. The Balaban J connectivity index is 1.51. The Hall–Kier alpha value is -2.79. The number of pyridine rings is 1. The Kier molecular flexibility index (Phi) is 4.86. The van der Waals surface area contributed by atoms with Gasteiger partial charge >= 0.3 is 0 Å². The quantitative estimate of drug-likeness (QED) is 0.693. The number of halogens is 1. The number of nitrogens with zero attached hydrogens (tertiary/aromatic N) is 2. The molecule has 138 valence electrons. The molecule has 0 bridgehead atoms. The Morgan fingerprint density at radius 1 is 1.11 bits per heavy atom. The summed E-state index contributed by atoms with van der Waals surface area (Å²) in [4.78, 5) is 19.2. The van der Waals surface area contributed by atoms with Gasteiger partial charge in [0.15, 0.2) is 0 Å². The van der Waals surface area contributed by atoms with Crippen molar-refractivity contribution in [2.45, 2.75) is 25.0 Å². The lowest BCUT2D eigenvalue weighted by Crippen LogP contribution is -2.41. The van der Waals surface area contributed by atoms with E-state index in [4.69, 9.17) is 4.74 Å². The van der Waals surface area contributed by atoms with Crippen LogP contribution in [-0.2, 0) is 4.74 Å². The van der Waals surface area contributed by atoms with Crippen molar-refractivity contribution >= 4 is 16.8 Å². The van der Waals surface area contributed by atoms with Gasteiger partial charge in [-0.25, -0.2) is 9.37 Å². The van der Waals surface area contributed by atoms with E-state index in [2.05, 4.69) is 4.98 Å². The topological polar surface area (TPSA) is 42.4 Å². The van der Waals surface area contributed by atoms with Crippen LogP contribution >= 0.6 is 0 Å². The molecule has 3 aromatic rings. The van der Waals surface area contributed by atoms with Gasteiger partial charge in [-0.05, 0) is 42.7 Å². The molecule has 2 heterocycles. The van der Waals surface area contributed by atoms with E-state index in [0.717, 1.165) is 22.9 Å². The molecule has 2 unspecified atom stereocenters. The molecule has 5 heteroatoms. The zero-order valence-electron chi connectivity index (χ0n) is 15.1. The first-order valence-electron chi connectivity index (χ1n) is 9.12. The van der Waals surface area contributed by atoms with Crippen molar-refractivity contribution in [1.82, 2.24) is 9.88 Å². The monoisotopic (exact) mass is 364 g/mol. The molecule has 1 fully saturated rings. The highest BCUT2D eigenvalue weighted by Gasteiger charge is 2.29. The molecule has 1 saturated heterocycles. The first-order chi connectivity index (χ1) is 13.1. The van der Waals surface area contributed by atoms with Crippen LogP contribution in [0.15, 0.2) is 60.7 Å². The zero-order valence-corrected chi connectivity index (χ0v) is 15.1. The Labute approximate surface area is 157 Å². The number of hydrogen-bond acceptors (Lipinski definition) is 3. The number of ether oxygens (including phenoxy) is 1. The SMILES string of the molecule is CN(C(=O)c1ccc2ccccc2n1)C1CCOC(c2ccc(F)cc2)C1. The third-order valence-electron chi connectivity index (χ3n) is 5.18. The molecule has 4 nitrogen and oxygen atoms in total. The van der Waals surface area contributed by atoms with E-state index >= 15 is 0 Å². The van der Waals surface area contributed by atoms with Crippen LogP contribution in [-0.4, -0.2) is 35.5 Å². The summed E-state index contributed by atoms with van der Waals surface area (Å²) < 4.78 is 19.0. The maximum atomic E-state index is 13.2. The maximum Gasteiger partial charge on any atom is 0.272 e. The summed E-state index contributed by atoms with van der Waals surface area (Å²) in [5.74, 6) is -0.355. The van der Waals surface area contributed by atoms with E-state index in [1.807, 2.05) is 37.4 Å². The molecule has 4 rings (SSSR count). The lowest BCUT2D eigenvalue weighted by molar-refractivity contribution is -0.0198. The molecule has 1 amide bonds. The van der Waals surface area contributed by atoms with Crippen LogP contribution in [0, 0.1) is 5.82 Å². The number of amides is 1. The molecule has 0 aliphatic carbocycles. The predicted molar refractivity (Wildman–Crippen MR) is 102 cm³/mol. The van der Waals surface area contributed by atoms with Crippen LogP contribution in [0.5, 0.6) is 0 Å². The molecule has 1 aliphatic rings. The van der Waals surface area contributed by atoms with Crippen molar-refractivity contribution in [3.63, 3.8) is 0 Å². The van der Waals surface area contributed by atoms with Crippen LogP contribution in [0.1, 0.15) is 35.0 Å². The third kappa shape index (κ3) is 3.69. The van der Waals surface area contributed by atoms with E-state index in [1.165, 1.54) is 12.1 Å². The molecule has 27 heavy (non-hydrogen) atoms. The highest BCUT2D eigenvalue weighted by molar-refractivity contribution is 5.94. The lowest BCUT2D eigenvalue weighted by atomic mass is 9.96. The number of rotatable bonds is 3. The summed E-state index contributed by atoms with van der Waals surface area (Å²) in [7, 11) is 1.82. The maximum absolute atomic E-state index is 13.2. The number of hydrogen-bond donors (Lipinski definition) is 0. The lowest BCUT2D eigenvalue weighted by Gasteiger charge is -2.35. The predicted octanol–water partition coefficient (Wildman–Crippen LogP) is 4.37. The summed E-state index contributed by atoms with van der Waals surface area (Å²) >= 11 is 0. The first-order valence-corrected chi connectivity index (χ1v) is 9.12. The standard InChI is InChI=1S/C22H21FN2O2/c1-25(22(26)20-11-8-15-4-2-3-5-19(15)24-20)18-12-13-27-21(14-18)16-6-9-17(23)10-7-16/h2-11,18,21H,12-14H2,1H3. The second-order valence-corrected chi connectivity index (χ2v) is 6.89. The summed E-state index contributed by atoms with van der Waals surface area (Å²) in [6.45, 7) is 0.565. The van der Waals surface area contributed by atoms with Crippen LogP contribution in [0.25, 0.3) is 10.9 Å². The van der Waals surface area contributed by atoms with Gasteiger partial charge in [-0.1, -0.05) is 36.4 Å². The molecule has 0 spiro atoms. The molecule has 0 radical (unpaired) electrons. The van der Waals surface area contributed by atoms with Crippen LogP contribution in [0.3, 0.4) is 0 Å². The number of carbonyl (C=O) groups excluding carboxylic acids is 1.